The quantitative estimate of drug-likeness (QED) is 0.243. The summed E-state index contributed by atoms with van der Waals surface area (Å²) in [5.41, 5.74) is 3.83. The number of amides is 1. The molecule has 0 aliphatic heterocycles. The highest BCUT2D eigenvalue weighted by Gasteiger charge is 2.24. The van der Waals surface area contributed by atoms with Crippen LogP contribution >= 0.6 is 7.60 Å². The summed E-state index contributed by atoms with van der Waals surface area (Å²) in [6, 6.07) is 0. The predicted octanol–water partition coefficient (Wildman–Crippen LogP) is -2.33. The van der Waals surface area contributed by atoms with E-state index >= 15 is 0 Å². The molecule has 19 heavy (non-hydrogen) atoms. The number of hydrogen-bond donors (Lipinski definition) is 4. The fourth-order valence-electron chi connectivity index (χ4n) is 0.788. The fraction of sp³-hybridized carbons (Fsp3) is 0.778. The molecule has 0 saturated heterocycles. The number of hydrogen-bond acceptors (Lipinski definition) is 5. The molecule has 0 aliphatic rings. The van der Waals surface area contributed by atoms with Gasteiger partial charge in [0.05, 0.1) is 27.1 Å². The van der Waals surface area contributed by atoms with Crippen LogP contribution in [-0.2, 0) is 9.36 Å². The van der Waals surface area contributed by atoms with Crippen molar-refractivity contribution in [3.63, 3.8) is 0 Å². The van der Waals surface area contributed by atoms with Crippen molar-refractivity contribution in [3.05, 3.63) is 0 Å². The monoisotopic (exact) mass is 299 g/mol. The molecule has 114 valence electrons. The number of carbonyl (C=O) groups is 2. The average Bonchev–Trinajstić information content (AvgIpc) is 2.13. The van der Waals surface area contributed by atoms with Gasteiger partial charge in [-0.15, -0.1) is 0 Å². The van der Waals surface area contributed by atoms with Crippen LogP contribution < -0.4 is 16.2 Å². The number of carbonyl (C=O) groups excluding carboxylic acids is 2. The number of aliphatic carboxylic acids is 1. The Hall–Kier alpha value is -0.990. The summed E-state index contributed by atoms with van der Waals surface area (Å²) in [5.74, 6) is -1.00. The Morgan fingerprint density at radius 3 is 2.00 bits per heavy atom. The van der Waals surface area contributed by atoms with Crippen molar-refractivity contribution in [2.75, 3.05) is 40.8 Å². The van der Waals surface area contributed by atoms with Crippen molar-refractivity contribution in [3.8, 4) is 0 Å². The van der Waals surface area contributed by atoms with E-state index in [9.17, 15) is 19.3 Å². The van der Waals surface area contributed by atoms with E-state index in [1.807, 2.05) is 5.32 Å². The number of carboxylic acids is 1. The van der Waals surface area contributed by atoms with Gasteiger partial charge in [-0.3, -0.25) is 4.79 Å². The smallest absolute Gasteiger partial charge is 0.413 e. The molecule has 0 rings (SSSR count). The maximum atomic E-state index is 10.4. The van der Waals surface area contributed by atoms with Crippen LogP contribution in [0.5, 0.6) is 0 Å². The Labute approximate surface area is 112 Å². The maximum absolute atomic E-state index is 10.4. The first-order chi connectivity index (χ1) is 8.40. The van der Waals surface area contributed by atoms with Gasteiger partial charge >= 0.3 is 13.2 Å². The van der Waals surface area contributed by atoms with Gasteiger partial charge in [0.15, 0.2) is 0 Å². The normalized spacial score (nSPS) is 11.3. The summed E-state index contributed by atoms with van der Waals surface area (Å²) < 4.78 is 10.6. The molecule has 0 atom stereocenters. The minimum Gasteiger partial charge on any atom is -0.544 e. The van der Waals surface area contributed by atoms with E-state index in [0.29, 0.717) is 17.4 Å². The summed E-state index contributed by atoms with van der Waals surface area (Å²) in [7, 11) is 0.816. The molecule has 0 saturated carbocycles. The second kappa shape index (κ2) is 9.00. The highest BCUT2D eigenvalue weighted by Crippen LogP contribution is 2.34. The number of nitrogens with one attached hydrogen (secondary N) is 1. The molecular formula is C9H22N3O6P. The van der Waals surface area contributed by atoms with E-state index < -0.39 is 19.2 Å². The second-order valence-electron chi connectivity index (χ2n) is 4.74. The van der Waals surface area contributed by atoms with Gasteiger partial charge in [-0.2, -0.15) is 0 Å². The lowest BCUT2D eigenvalue weighted by molar-refractivity contribution is -0.864. The van der Waals surface area contributed by atoms with E-state index in [4.69, 9.17) is 15.5 Å². The number of rotatable bonds is 6. The first-order valence-corrected chi connectivity index (χ1v) is 7.05. The van der Waals surface area contributed by atoms with Crippen LogP contribution in [0.25, 0.3) is 0 Å². The molecule has 5 N–H and O–H groups in total. The Balaban J connectivity index is 0. The van der Waals surface area contributed by atoms with Gasteiger partial charge < -0.3 is 35.2 Å². The Bertz CT molecular complexity index is 335. The Kier molecular flexibility index (Phi) is 9.63. The molecule has 0 aromatic rings. The third-order valence-corrected chi connectivity index (χ3v) is 2.21. The largest absolute Gasteiger partial charge is 0.544 e. The molecule has 9 nitrogen and oxygen atoms in total. The van der Waals surface area contributed by atoms with Gasteiger partial charge in [0.25, 0.3) is 0 Å². The lowest BCUT2D eigenvalue weighted by Gasteiger charge is -2.23. The summed E-state index contributed by atoms with van der Waals surface area (Å²) in [6.07, 6.45) is 0.506. The van der Waals surface area contributed by atoms with Gasteiger partial charge in [-0.1, -0.05) is 0 Å². The number of carboxylic acid groups (broad SMARTS) is 1. The van der Waals surface area contributed by atoms with Gasteiger partial charge in [-0.05, 0) is 13.0 Å². The molecule has 0 radical (unpaired) electrons. The van der Waals surface area contributed by atoms with Crippen LogP contribution in [0.1, 0.15) is 6.42 Å². The van der Waals surface area contributed by atoms with Crippen LogP contribution in [0.4, 0.5) is 4.79 Å². The van der Waals surface area contributed by atoms with Crippen molar-refractivity contribution >= 4 is 19.2 Å². The van der Waals surface area contributed by atoms with Crippen molar-refractivity contribution in [2.24, 2.45) is 5.73 Å². The molecule has 0 aromatic heterocycles. The molecule has 1 amide bonds. The molecule has 0 heterocycles. The van der Waals surface area contributed by atoms with Gasteiger partial charge in [-0.25, -0.2) is 4.57 Å². The molecule has 0 fully saturated rings. The van der Waals surface area contributed by atoms with E-state index in [0.717, 1.165) is 0 Å². The van der Waals surface area contributed by atoms with Crippen molar-refractivity contribution in [1.82, 2.24) is 5.32 Å². The summed E-state index contributed by atoms with van der Waals surface area (Å²) in [6.45, 7) is 0.641. The molecule has 0 unspecified atom stereocenters. The van der Waals surface area contributed by atoms with Crippen molar-refractivity contribution < 1.29 is 33.5 Å². The second-order valence-corrected chi connectivity index (χ2v) is 6.23. The molecule has 0 aliphatic carbocycles. The summed E-state index contributed by atoms with van der Waals surface area (Å²) in [5, 5.41) is 11.9. The Morgan fingerprint density at radius 1 is 1.32 bits per heavy atom. The predicted molar refractivity (Wildman–Crippen MR) is 67.0 cm³/mol. The van der Waals surface area contributed by atoms with E-state index in [1.54, 1.807) is 21.1 Å². The lowest BCUT2D eigenvalue weighted by atomic mass is 10.4. The SMILES string of the molecule is C[N+](C)(C)CC(=O)[O-].NCCCNC(=O)P(=O)(O)O. The standard InChI is InChI=1S/C5H11NO2.C4H11N2O4P/c1-6(2,3)4-5(7)8;5-2-1-3-6-4(7)11(8,9)10/h4H2,1-3H3;1-3,5H2,(H,6,7)(H2,8,9,10). The lowest BCUT2D eigenvalue weighted by Crippen LogP contribution is -2.45. The molecular weight excluding hydrogens is 277 g/mol. The van der Waals surface area contributed by atoms with E-state index in [1.165, 1.54) is 0 Å². The molecule has 0 aromatic carbocycles. The fourth-order valence-corrected chi connectivity index (χ4v) is 1.11. The summed E-state index contributed by atoms with van der Waals surface area (Å²) >= 11 is 0. The zero-order chi connectivity index (χ0) is 15.7. The maximum Gasteiger partial charge on any atom is 0.413 e. The van der Waals surface area contributed by atoms with Crippen molar-refractivity contribution in [1.29, 1.82) is 0 Å². The van der Waals surface area contributed by atoms with Gasteiger partial charge in [0, 0.05) is 6.54 Å². The van der Waals surface area contributed by atoms with Gasteiger partial charge in [0.1, 0.15) is 6.54 Å². The third kappa shape index (κ3) is 17.0. The number of quaternary nitrogens is 1. The molecule has 10 heteroatoms. The molecule has 0 bridgehead atoms. The Morgan fingerprint density at radius 2 is 1.79 bits per heavy atom. The minimum atomic E-state index is -4.59. The number of likely N-dealkylation sites (N-methyl/N-ethyl adjacent to an activating group) is 1. The minimum absolute atomic E-state index is 0.0694. The van der Waals surface area contributed by atoms with Crippen LogP contribution in [0.3, 0.4) is 0 Å². The zero-order valence-electron chi connectivity index (χ0n) is 11.3. The average molecular weight is 299 g/mol. The van der Waals surface area contributed by atoms with Crippen LogP contribution in [0, 0.1) is 0 Å². The van der Waals surface area contributed by atoms with Crippen LogP contribution in [-0.4, -0.2) is 66.7 Å². The highest BCUT2D eigenvalue weighted by atomic mass is 31.2. The molecule has 0 spiro atoms. The third-order valence-electron chi connectivity index (χ3n) is 1.53. The van der Waals surface area contributed by atoms with Crippen LogP contribution in [0.2, 0.25) is 0 Å². The van der Waals surface area contributed by atoms with Gasteiger partial charge in [0.2, 0.25) is 0 Å². The van der Waals surface area contributed by atoms with Crippen molar-refractivity contribution in [2.45, 2.75) is 6.42 Å². The van der Waals surface area contributed by atoms with E-state index in [2.05, 4.69) is 0 Å². The first kappa shape index (κ1) is 20.3. The first-order valence-electron chi connectivity index (χ1n) is 5.44. The number of nitrogens with two attached hydrogens (primary N) is 1. The highest BCUT2D eigenvalue weighted by molar-refractivity contribution is 7.69. The summed E-state index contributed by atoms with van der Waals surface area (Å²) in [4.78, 5) is 36.8. The van der Waals surface area contributed by atoms with E-state index in [-0.39, 0.29) is 13.1 Å². The zero-order valence-corrected chi connectivity index (χ0v) is 12.2. The number of nitrogens with zero attached hydrogens (tertiary/aromatic N) is 1. The topological polar surface area (TPSA) is 153 Å². The van der Waals surface area contributed by atoms with Crippen LogP contribution in [0.15, 0.2) is 0 Å².